The van der Waals surface area contributed by atoms with Gasteiger partial charge in [-0.05, 0) is 15.7 Å². The van der Waals surface area contributed by atoms with Crippen LogP contribution in [0.25, 0.3) is 0 Å². The minimum Gasteiger partial charge on any atom is -0.188 e. The van der Waals surface area contributed by atoms with Gasteiger partial charge in [-0.15, -0.1) is 11.7 Å². The highest BCUT2D eigenvalue weighted by Gasteiger charge is 2.30. The Morgan fingerprint density at radius 1 is 0.727 bits per heavy atom. The van der Waals surface area contributed by atoms with E-state index < -0.39 is 9.06 Å². The standard InChI is InChI=1S/C9H22S2/c1-7(2)11(10,8(3)4)9(5)6/h7-10H,1-6H3. The number of thiol groups is 1. The smallest absolute Gasteiger partial charge is 0.00809 e. The van der Waals surface area contributed by atoms with Crippen LogP contribution in [-0.4, -0.2) is 15.7 Å². The minimum absolute atomic E-state index is 0.694. The molecule has 2 heteroatoms. The van der Waals surface area contributed by atoms with Crippen LogP contribution in [0.3, 0.4) is 0 Å². The van der Waals surface area contributed by atoms with E-state index in [2.05, 4.69) is 41.5 Å². The van der Waals surface area contributed by atoms with Gasteiger partial charge in [-0.1, -0.05) is 41.5 Å². The fourth-order valence-corrected chi connectivity index (χ4v) is 4.90. The van der Waals surface area contributed by atoms with Gasteiger partial charge in [0.15, 0.2) is 0 Å². The van der Waals surface area contributed by atoms with Gasteiger partial charge >= 0.3 is 0 Å². The molecule has 0 saturated carbocycles. The predicted octanol–water partition coefficient (Wildman–Crippen LogP) is 3.86. The minimum atomic E-state index is -0.694. The molecule has 0 aromatic carbocycles. The molecule has 0 unspecified atom stereocenters. The maximum Gasteiger partial charge on any atom is -0.00809 e. The molecule has 0 amide bonds. The zero-order valence-corrected chi connectivity index (χ0v) is 10.3. The molecule has 0 saturated heterocycles. The molecule has 0 rings (SSSR count). The summed E-state index contributed by atoms with van der Waals surface area (Å²) in [5, 5.41) is 2.18. The van der Waals surface area contributed by atoms with Crippen molar-refractivity contribution in [1.29, 1.82) is 0 Å². The van der Waals surface area contributed by atoms with Crippen molar-refractivity contribution in [3.8, 4) is 0 Å². The molecule has 0 aliphatic rings. The van der Waals surface area contributed by atoms with Gasteiger partial charge in [-0.25, -0.2) is 0 Å². The summed E-state index contributed by atoms with van der Waals surface area (Å²) in [4.78, 5) is 0. The lowest BCUT2D eigenvalue weighted by molar-refractivity contribution is 0.967. The lowest BCUT2D eigenvalue weighted by Crippen LogP contribution is -2.23. The molecule has 0 fully saturated rings. The number of rotatable bonds is 3. The molecule has 0 nitrogen and oxygen atoms in total. The summed E-state index contributed by atoms with van der Waals surface area (Å²) in [5.74, 6) is 0. The maximum absolute atomic E-state index is 4.89. The first-order valence-electron chi connectivity index (χ1n) is 4.35. The molecule has 0 aliphatic carbocycles. The first-order valence-corrected chi connectivity index (χ1v) is 7.23. The fourth-order valence-electron chi connectivity index (χ4n) is 1.63. The van der Waals surface area contributed by atoms with Crippen LogP contribution in [0, 0.1) is 0 Å². The summed E-state index contributed by atoms with van der Waals surface area (Å²) in [7, 11) is -0.694. The van der Waals surface area contributed by atoms with Gasteiger partial charge in [0.25, 0.3) is 0 Å². The van der Waals surface area contributed by atoms with E-state index in [-0.39, 0.29) is 0 Å². The van der Waals surface area contributed by atoms with Crippen molar-refractivity contribution < 1.29 is 0 Å². The molecule has 0 aliphatic heterocycles. The molecule has 0 N–H and O–H groups in total. The molecular formula is C9H22S2. The normalized spacial score (nSPS) is 15.1. The topological polar surface area (TPSA) is 0 Å². The molecule has 0 atom stereocenters. The van der Waals surface area contributed by atoms with E-state index >= 15 is 0 Å². The highest BCUT2D eigenvalue weighted by atomic mass is 33.1. The predicted molar refractivity (Wildman–Crippen MR) is 62.0 cm³/mol. The van der Waals surface area contributed by atoms with Gasteiger partial charge < -0.3 is 0 Å². The van der Waals surface area contributed by atoms with E-state index in [0.717, 1.165) is 15.7 Å². The van der Waals surface area contributed by atoms with Crippen molar-refractivity contribution in [3.05, 3.63) is 0 Å². The van der Waals surface area contributed by atoms with E-state index in [1.54, 1.807) is 0 Å². The molecule has 11 heavy (non-hydrogen) atoms. The van der Waals surface area contributed by atoms with Crippen LogP contribution in [0.2, 0.25) is 0 Å². The van der Waals surface area contributed by atoms with Crippen molar-refractivity contribution in [2.45, 2.75) is 57.3 Å². The van der Waals surface area contributed by atoms with E-state index in [0.29, 0.717) is 0 Å². The van der Waals surface area contributed by atoms with Gasteiger partial charge in [0.2, 0.25) is 0 Å². The summed E-state index contributed by atoms with van der Waals surface area (Å²) in [5.41, 5.74) is 0. The second-order valence-electron chi connectivity index (χ2n) is 3.87. The van der Waals surface area contributed by atoms with Crippen molar-refractivity contribution >= 4 is 20.7 Å². The molecular weight excluding hydrogens is 172 g/mol. The molecule has 0 bridgehead atoms. The van der Waals surface area contributed by atoms with Gasteiger partial charge in [0.05, 0.1) is 0 Å². The van der Waals surface area contributed by atoms with E-state index in [1.807, 2.05) is 0 Å². The average molecular weight is 194 g/mol. The first-order chi connectivity index (χ1) is 4.83. The van der Waals surface area contributed by atoms with E-state index in [9.17, 15) is 0 Å². The Morgan fingerprint density at radius 3 is 0.909 bits per heavy atom. The van der Waals surface area contributed by atoms with Gasteiger partial charge in [-0.3, -0.25) is 0 Å². The summed E-state index contributed by atoms with van der Waals surface area (Å²) < 4.78 is 0. The maximum atomic E-state index is 4.89. The van der Waals surface area contributed by atoms with Crippen LogP contribution in [0.5, 0.6) is 0 Å². The Labute approximate surface area is 78.3 Å². The SMILES string of the molecule is CC(C)S(S)(C(C)C)C(C)C. The lowest BCUT2D eigenvalue weighted by Gasteiger charge is -2.46. The Kier molecular flexibility index (Phi) is 4.34. The van der Waals surface area contributed by atoms with Crippen molar-refractivity contribution in [3.63, 3.8) is 0 Å². The Hall–Kier alpha value is 0.700. The third-order valence-corrected chi connectivity index (χ3v) is 10.6. The number of hydrogen-bond donors (Lipinski definition) is 1. The second kappa shape index (κ2) is 4.08. The fraction of sp³-hybridized carbons (Fsp3) is 1.00. The van der Waals surface area contributed by atoms with Crippen molar-refractivity contribution in [2.75, 3.05) is 0 Å². The van der Waals surface area contributed by atoms with Crippen LogP contribution in [0.1, 0.15) is 41.5 Å². The third kappa shape index (κ3) is 2.32. The Morgan fingerprint density at radius 2 is 0.909 bits per heavy atom. The summed E-state index contributed by atoms with van der Waals surface area (Å²) in [6, 6.07) is 0. The summed E-state index contributed by atoms with van der Waals surface area (Å²) in [6.07, 6.45) is 0. The monoisotopic (exact) mass is 194 g/mol. The number of hydrogen-bond acceptors (Lipinski definition) is 1. The van der Waals surface area contributed by atoms with Crippen molar-refractivity contribution in [2.24, 2.45) is 0 Å². The van der Waals surface area contributed by atoms with Crippen LogP contribution in [0.4, 0.5) is 0 Å². The van der Waals surface area contributed by atoms with Gasteiger partial charge in [0, 0.05) is 0 Å². The summed E-state index contributed by atoms with van der Waals surface area (Å²) in [6.45, 7) is 13.8. The van der Waals surface area contributed by atoms with Crippen LogP contribution >= 0.6 is 20.7 Å². The molecule has 0 aromatic rings. The lowest BCUT2D eigenvalue weighted by atomic mass is 10.5. The average Bonchev–Trinajstić information content (AvgIpc) is 1.84. The van der Waals surface area contributed by atoms with E-state index in [1.165, 1.54) is 0 Å². The Bertz CT molecular complexity index is 95.0. The molecule has 0 radical (unpaired) electrons. The quantitative estimate of drug-likeness (QED) is 0.512. The second-order valence-corrected chi connectivity index (χ2v) is 10.0. The largest absolute Gasteiger partial charge is 0.188 e. The highest BCUT2D eigenvalue weighted by Crippen LogP contribution is 2.63. The first kappa shape index (κ1) is 11.7. The molecule has 70 valence electrons. The van der Waals surface area contributed by atoms with Gasteiger partial charge in [0.1, 0.15) is 0 Å². The molecule has 0 spiro atoms. The van der Waals surface area contributed by atoms with E-state index in [4.69, 9.17) is 11.7 Å². The molecule has 0 heterocycles. The highest BCUT2D eigenvalue weighted by molar-refractivity contribution is 8.88. The zero-order chi connectivity index (χ0) is 9.23. The van der Waals surface area contributed by atoms with Crippen molar-refractivity contribution in [1.82, 2.24) is 0 Å². The third-order valence-electron chi connectivity index (χ3n) is 2.27. The Balaban J connectivity index is 4.53. The summed E-state index contributed by atoms with van der Waals surface area (Å²) >= 11 is 4.89. The van der Waals surface area contributed by atoms with Crippen LogP contribution in [-0.2, 0) is 0 Å². The van der Waals surface area contributed by atoms with Crippen LogP contribution in [0.15, 0.2) is 0 Å². The van der Waals surface area contributed by atoms with Crippen LogP contribution < -0.4 is 0 Å². The molecule has 0 aromatic heterocycles. The zero-order valence-electron chi connectivity index (χ0n) is 8.59. The van der Waals surface area contributed by atoms with Gasteiger partial charge in [-0.2, -0.15) is 9.06 Å².